The molecule has 6 nitrogen and oxygen atoms in total. The molecule has 0 bridgehead atoms. The van der Waals surface area contributed by atoms with Crippen molar-refractivity contribution in [1.29, 1.82) is 0 Å². The normalized spacial score (nSPS) is 16.6. The van der Waals surface area contributed by atoms with Crippen molar-refractivity contribution in [2.75, 3.05) is 26.2 Å². The second-order valence-electron chi connectivity index (χ2n) is 7.51. The average molecular weight is 416 g/mol. The van der Waals surface area contributed by atoms with E-state index in [0.29, 0.717) is 25.1 Å². The van der Waals surface area contributed by atoms with Crippen LogP contribution in [0, 0.1) is 0 Å². The van der Waals surface area contributed by atoms with Gasteiger partial charge in [-0.1, -0.05) is 37.3 Å². The summed E-state index contributed by atoms with van der Waals surface area (Å²) in [5, 5.41) is 0. The molecule has 0 saturated carbocycles. The Kier molecular flexibility index (Phi) is 7.05. The molecule has 7 heteroatoms. The van der Waals surface area contributed by atoms with Gasteiger partial charge in [-0.05, 0) is 43.2 Å². The number of piperazine rings is 1. The zero-order valence-electron chi connectivity index (χ0n) is 17.0. The molecule has 0 radical (unpaired) electrons. The molecule has 1 amide bonds. The maximum atomic E-state index is 12.8. The maximum Gasteiger partial charge on any atom is 0.253 e. The molecule has 1 heterocycles. The number of hydrogen-bond acceptors (Lipinski definition) is 4. The Labute approximate surface area is 173 Å². The van der Waals surface area contributed by atoms with Crippen molar-refractivity contribution in [3.63, 3.8) is 0 Å². The summed E-state index contributed by atoms with van der Waals surface area (Å²) < 4.78 is 27.3. The molecule has 0 aromatic heterocycles. The van der Waals surface area contributed by atoms with Gasteiger partial charge >= 0.3 is 0 Å². The highest BCUT2D eigenvalue weighted by Crippen LogP contribution is 2.15. The number of amides is 1. The average Bonchev–Trinajstić information content (AvgIpc) is 2.74. The van der Waals surface area contributed by atoms with Gasteiger partial charge < -0.3 is 4.90 Å². The van der Waals surface area contributed by atoms with Crippen LogP contribution in [0.3, 0.4) is 0 Å². The summed E-state index contributed by atoms with van der Waals surface area (Å²) in [6.07, 6.45) is 0.714. The molecule has 0 spiro atoms. The summed E-state index contributed by atoms with van der Waals surface area (Å²) in [6.45, 7) is 7.63. The summed E-state index contributed by atoms with van der Waals surface area (Å²) in [4.78, 5) is 17.2. The van der Waals surface area contributed by atoms with Crippen LogP contribution >= 0.6 is 0 Å². The summed E-state index contributed by atoms with van der Waals surface area (Å²) in [7, 11) is -3.56. The van der Waals surface area contributed by atoms with Crippen molar-refractivity contribution in [2.45, 2.75) is 37.8 Å². The molecule has 1 aliphatic heterocycles. The molecule has 2 aromatic carbocycles. The van der Waals surface area contributed by atoms with Gasteiger partial charge in [-0.2, -0.15) is 0 Å². The highest BCUT2D eigenvalue weighted by atomic mass is 32.2. The quantitative estimate of drug-likeness (QED) is 0.755. The van der Waals surface area contributed by atoms with E-state index in [1.165, 1.54) is 17.7 Å². The molecular formula is C22H29N3O3S. The lowest BCUT2D eigenvalue weighted by Crippen LogP contribution is -2.48. The molecule has 29 heavy (non-hydrogen) atoms. The summed E-state index contributed by atoms with van der Waals surface area (Å²) in [5.41, 5.74) is 1.79. The van der Waals surface area contributed by atoms with E-state index in [1.54, 1.807) is 12.1 Å². The second-order valence-corrected chi connectivity index (χ2v) is 9.22. The fraction of sp³-hybridized carbons (Fsp3) is 0.409. The fourth-order valence-electron chi connectivity index (χ4n) is 3.33. The van der Waals surface area contributed by atoms with Crippen LogP contribution in [0.4, 0.5) is 0 Å². The van der Waals surface area contributed by atoms with Crippen molar-refractivity contribution < 1.29 is 13.2 Å². The first-order valence-corrected chi connectivity index (χ1v) is 11.6. The predicted molar refractivity (Wildman–Crippen MR) is 114 cm³/mol. The number of nitrogens with zero attached hydrogens (tertiary/aromatic N) is 2. The third-order valence-corrected chi connectivity index (χ3v) is 6.89. The number of rotatable bonds is 7. The summed E-state index contributed by atoms with van der Waals surface area (Å²) >= 11 is 0. The van der Waals surface area contributed by atoms with Crippen LogP contribution in [0.25, 0.3) is 0 Å². The molecule has 1 atom stereocenters. The highest BCUT2D eigenvalue weighted by molar-refractivity contribution is 7.89. The van der Waals surface area contributed by atoms with Crippen LogP contribution in [0.5, 0.6) is 0 Å². The van der Waals surface area contributed by atoms with E-state index in [9.17, 15) is 13.2 Å². The number of hydrogen-bond donors (Lipinski definition) is 1. The molecule has 2 aromatic rings. The standard InChI is InChI=1S/C22H29N3O3S/c1-3-18(2)23-29(27,28)21-11-9-20(10-12-21)22(26)25-15-13-24(14-16-25)17-19-7-5-4-6-8-19/h4-12,18,23H,3,13-17H2,1-2H3. The Morgan fingerprint density at radius 1 is 1.00 bits per heavy atom. The number of benzene rings is 2. The van der Waals surface area contributed by atoms with Crippen LogP contribution in [0.1, 0.15) is 36.2 Å². The maximum absolute atomic E-state index is 12.8. The Hall–Kier alpha value is -2.22. The topological polar surface area (TPSA) is 69.7 Å². The second kappa shape index (κ2) is 9.52. The van der Waals surface area contributed by atoms with E-state index >= 15 is 0 Å². The van der Waals surface area contributed by atoms with Crippen molar-refractivity contribution >= 4 is 15.9 Å². The Bertz CT molecular complexity index is 906. The molecule has 0 aliphatic carbocycles. The van der Waals surface area contributed by atoms with E-state index in [2.05, 4.69) is 21.8 Å². The van der Waals surface area contributed by atoms with Crippen LogP contribution in [0.15, 0.2) is 59.5 Å². The minimum Gasteiger partial charge on any atom is -0.336 e. The van der Waals surface area contributed by atoms with E-state index in [1.807, 2.05) is 36.9 Å². The molecule has 156 valence electrons. The molecule has 1 N–H and O–H groups in total. The molecule has 1 unspecified atom stereocenters. The number of nitrogens with one attached hydrogen (secondary N) is 1. The lowest BCUT2D eigenvalue weighted by Gasteiger charge is -2.34. The van der Waals surface area contributed by atoms with Gasteiger partial charge in [-0.15, -0.1) is 0 Å². The van der Waals surface area contributed by atoms with E-state index in [-0.39, 0.29) is 16.8 Å². The van der Waals surface area contributed by atoms with Gasteiger partial charge in [0.2, 0.25) is 10.0 Å². The van der Waals surface area contributed by atoms with Gasteiger partial charge in [0.15, 0.2) is 0 Å². The lowest BCUT2D eigenvalue weighted by molar-refractivity contribution is 0.0628. The van der Waals surface area contributed by atoms with Gasteiger partial charge in [-0.3, -0.25) is 9.69 Å². The van der Waals surface area contributed by atoms with Crippen LogP contribution in [-0.4, -0.2) is 56.3 Å². The SMILES string of the molecule is CCC(C)NS(=O)(=O)c1ccc(C(=O)N2CCN(Cc3ccccc3)CC2)cc1. The smallest absolute Gasteiger partial charge is 0.253 e. The third-order valence-electron chi connectivity index (χ3n) is 5.29. The molecular weight excluding hydrogens is 386 g/mol. The van der Waals surface area contributed by atoms with Crippen molar-refractivity contribution in [3.8, 4) is 0 Å². The number of sulfonamides is 1. The number of carbonyl (C=O) groups is 1. The van der Waals surface area contributed by atoms with Gasteiger partial charge in [0.1, 0.15) is 0 Å². The van der Waals surface area contributed by atoms with E-state index in [4.69, 9.17) is 0 Å². The zero-order valence-corrected chi connectivity index (χ0v) is 17.9. The van der Waals surface area contributed by atoms with Gasteiger partial charge in [0, 0.05) is 44.3 Å². The van der Waals surface area contributed by atoms with E-state index in [0.717, 1.165) is 19.6 Å². The molecule has 3 rings (SSSR count). The summed E-state index contributed by atoms with van der Waals surface area (Å²) in [6, 6.07) is 16.4. The Balaban J connectivity index is 1.57. The monoisotopic (exact) mass is 415 g/mol. The number of carbonyl (C=O) groups excluding carboxylic acids is 1. The molecule has 1 fully saturated rings. The van der Waals surface area contributed by atoms with Gasteiger partial charge in [0.05, 0.1) is 4.90 Å². The molecule has 1 aliphatic rings. The summed E-state index contributed by atoms with van der Waals surface area (Å²) in [5.74, 6) is -0.0526. The first-order valence-electron chi connectivity index (χ1n) is 10.1. The Morgan fingerprint density at radius 3 is 2.21 bits per heavy atom. The first kappa shape index (κ1) is 21.5. The van der Waals surface area contributed by atoms with Crippen molar-refractivity contribution in [3.05, 3.63) is 65.7 Å². The van der Waals surface area contributed by atoms with Crippen LogP contribution < -0.4 is 4.72 Å². The van der Waals surface area contributed by atoms with Gasteiger partial charge in [-0.25, -0.2) is 13.1 Å². The minimum atomic E-state index is -3.56. The Morgan fingerprint density at radius 2 is 1.62 bits per heavy atom. The minimum absolute atomic E-state index is 0.0526. The third kappa shape index (κ3) is 5.65. The lowest BCUT2D eigenvalue weighted by atomic mass is 10.1. The van der Waals surface area contributed by atoms with Crippen molar-refractivity contribution in [1.82, 2.24) is 14.5 Å². The van der Waals surface area contributed by atoms with Crippen LogP contribution in [0.2, 0.25) is 0 Å². The van der Waals surface area contributed by atoms with E-state index < -0.39 is 10.0 Å². The van der Waals surface area contributed by atoms with Gasteiger partial charge in [0.25, 0.3) is 5.91 Å². The fourth-order valence-corrected chi connectivity index (χ4v) is 4.65. The predicted octanol–water partition coefficient (Wildman–Crippen LogP) is 2.72. The molecule has 1 saturated heterocycles. The van der Waals surface area contributed by atoms with Crippen LogP contribution in [-0.2, 0) is 16.6 Å². The largest absolute Gasteiger partial charge is 0.336 e. The highest BCUT2D eigenvalue weighted by Gasteiger charge is 2.23. The van der Waals surface area contributed by atoms with Crippen molar-refractivity contribution in [2.24, 2.45) is 0 Å². The first-order chi connectivity index (χ1) is 13.9. The zero-order chi connectivity index (χ0) is 20.9.